The Balaban J connectivity index is 2.43. The predicted molar refractivity (Wildman–Crippen MR) is 79.6 cm³/mol. The van der Waals surface area contributed by atoms with Gasteiger partial charge in [0.25, 0.3) is 0 Å². The standard InChI is InChI=1S/C15H32N2O2/c1-14(2,3)13-11-17(15(4,5)12-16-13)7-8-19-10-9-18-6/h13,16H,7-12H2,1-6H3. The molecule has 4 heteroatoms. The van der Waals surface area contributed by atoms with Crippen LogP contribution in [0.4, 0.5) is 0 Å². The third-order valence-electron chi connectivity index (χ3n) is 4.02. The van der Waals surface area contributed by atoms with E-state index in [1.165, 1.54) is 0 Å². The van der Waals surface area contributed by atoms with Gasteiger partial charge in [0.15, 0.2) is 0 Å². The van der Waals surface area contributed by atoms with Gasteiger partial charge in [0, 0.05) is 38.3 Å². The second-order valence-corrected chi connectivity index (χ2v) is 7.16. The van der Waals surface area contributed by atoms with Crippen LogP contribution in [0.25, 0.3) is 0 Å². The fourth-order valence-corrected chi connectivity index (χ4v) is 2.41. The van der Waals surface area contributed by atoms with E-state index in [-0.39, 0.29) is 5.54 Å². The van der Waals surface area contributed by atoms with Crippen LogP contribution < -0.4 is 5.32 Å². The quantitative estimate of drug-likeness (QED) is 0.747. The molecule has 114 valence electrons. The molecule has 0 radical (unpaired) electrons. The zero-order valence-electron chi connectivity index (χ0n) is 13.6. The molecule has 0 aromatic heterocycles. The topological polar surface area (TPSA) is 33.7 Å². The minimum absolute atomic E-state index is 0.201. The fraction of sp³-hybridized carbons (Fsp3) is 1.00. The van der Waals surface area contributed by atoms with Crippen molar-refractivity contribution in [3.8, 4) is 0 Å². The second kappa shape index (κ2) is 7.02. The lowest BCUT2D eigenvalue weighted by atomic mass is 9.83. The largest absolute Gasteiger partial charge is 0.382 e. The Labute approximate surface area is 118 Å². The van der Waals surface area contributed by atoms with Crippen molar-refractivity contribution in [2.45, 2.75) is 46.2 Å². The van der Waals surface area contributed by atoms with E-state index in [0.29, 0.717) is 24.7 Å². The van der Waals surface area contributed by atoms with E-state index in [9.17, 15) is 0 Å². The maximum atomic E-state index is 5.60. The van der Waals surface area contributed by atoms with Crippen LogP contribution in [-0.2, 0) is 9.47 Å². The molecule has 1 N–H and O–H groups in total. The van der Waals surface area contributed by atoms with Crippen LogP contribution >= 0.6 is 0 Å². The zero-order valence-corrected chi connectivity index (χ0v) is 13.6. The average Bonchev–Trinajstić information content (AvgIpc) is 2.29. The van der Waals surface area contributed by atoms with Gasteiger partial charge in [-0.3, -0.25) is 4.90 Å². The highest BCUT2D eigenvalue weighted by Crippen LogP contribution is 2.27. The van der Waals surface area contributed by atoms with E-state index in [1.54, 1.807) is 7.11 Å². The van der Waals surface area contributed by atoms with Crippen LogP contribution in [0.15, 0.2) is 0 Å². The van der Waals surface area contributed by atoms with E-state index in [2.05, 4.69) is 44.8 Å². The van der Waals surface area contributed by atoms with Crippen LogP contribution in [0.2, 0.25) is 0 Å². The Morgan fingerprint density at radius 3 is 2.47 bits per heavy atom. The number of hydrogen-bond acceptors (Lipinski definition) is 4. The third-order valence-corrected chi connectivity index (χ3v) is 4.02. The van der Waals surface area contributed by atoms with E-state index < -0.39 is 0 Å². The lowest BCUT2D eigenvalue weighted by molar-refractivity contribution is 0.00150. The molecule has 0 aromatic carbocycles. The first-order valence-corrected chi connectivity index (χ1v) is 7.32. The SMILES string of the molecule is COCCOCCN1CC(C(C)(C)C)NCC1(C)C. The van der Waals surface area contributed by atoms with Crippen molar-refractivity contribution in [2.24, 2.45) is 5.41 Å². The van der Waals surface area contributed by atoms with Crippen molar-refractivity contribution in [1.82, 2.24) is 10.2 Å². The Morgan fingerprint density at radius 2 is 1.89 bits per heavy atom. The van der Waals surface area contributed by atoms with Crippen LogP contribution in [-0.4, -0.2) is 63.0 Å². The van der Waals surface area contributed by atoms with Crippen LogP contribution in [0.3, 0.4) is 0 Å². The van der Waals surface area contributed by atoms with E-state index in [4.69, 9.17) is 9.47 Å². The number of ether oxygens (including phenoxy) is 2. The summed E-state index contributed by atoms with van der Waals surface area (Å²) in [6.07, 6.45) is 0. The Hall–Kier alpha value is -0.160. The van der Waals surface area contributed by atoms with Crippen LogP contribution in [0, 0.1) is 5.41 Å². The Morgan fingerprint density at radius 1 is 1.21 bits per heavy atom. The van der Waals surface area contributed by atoms with E-state index in [0.717, 1.165) is 26.2 Å². The molecule has 0 spiro atoms. The van der Waals surface area contributed by atoms with Gasteiger partial charge in [-0.1, -0.05) is 20.8 Å². The molecular formula is C15H32N2O2. The third kappa shape index (κ3) is 5.38. The molecule has 1 heterocycles. The summed E-state index contributed by atoms with van der Waals surface area (Å²) in [5.74, 6) is 0. The summed E-state index contributed by atoms with van der Waals surface area (Å²) in [5.41, 5.74) is 0.498. The first-order chi connectivity index (χ1) is 8.77. The molecule has 0 amide bonds. The summed E-state index contributed by atoms with van der Waals surface area (Å²) in [7, 11) is 1.71. The number of methoxy groups -OCH3 is 1. The molecular weight excluding hydrogens is 240 g/mol. The molecule has 1 aliphatic rings. The van der Waals surface area contributed by atoms with E-state index >= 15 is 0 Å². The number of piperazine rings is 1. The molecule has 1 fully saturated rings. The van der Waals surface area contributed by atoms with Crippen molar-refractivity contribution >= 4 is 0 Å². The van der Waals surface area contributed by atoms with Gasteiger partial charge >= 0.3 is 0 Å². The van der Waals surface area contributed by atoms with Crippen molar-refractivity contribution in [1.29, 1.82) is 0 Å². The summed E-state index contributed by atoms with van der Waals surface area (Å²) in [4.78, 5) is 2.55. The summed E-state index contributed by atoms with van der Waals surface area (Å²) in [6.45, 7) is 16.8. The molecule has 4 nitrogen and oxygen atoms in total. The monoisotopic (exact) mass is 272 g/mol. The predicted octanol–water partition coefficient (Wildman–Crippen LogP) is 1.75. The minimum atomic E-state index is 0.201. The molecule has 1 aliphatic heterocycles. The van der Waals surface area contributed by atoms with E-state index in [1.807, 2.05) is 0 Å². The first-order valence-electron chi connectivity index (χ1n) is 7.32. The molecule has 19 heavy (non-hydrogen) atoms. The fourth-order valence-electron chi connectivity index (χ4n) is 2.41. The molecule has 0 aliphatic carbocycles. The van der Waals surface area contributed by atoms with Crippen molar-refractivity contribution in [3.63, 3.8) is 0 Å². The smallest absolute Gasteiger partial charge is 0.0700 e. The lowest BCUT2D eigenvalue weighted by Gasteiger charge is -2.49. The Bertz CT molecular complexity index is 261. The maximum absolute atomic E-state index is 5.60. The summed E-state index contributed by atoms with van der Waals surface area (Å²) in [6, 6.07) is 0.541. The maximum Gasteiger partial charge on any atom is 0.0700 e. The molecule has 0 bridgehead atoms. The minimum Gasteiger partial charge on any atom is -0.382 e. The lowest BCUT2D eigenvalue weighted by Crippen LogP contribution is -2.65. The van der Waals surface area contributed by atoms with Gasteiger partial charge < -0.3 is 14.8 Å². The van der Waals surface area contributed by atoms with Crippen molar-refractivity contribution in [3.05, 3.63) is 0 Å². The highest BCUT2D eigenvalue weighted by Gasteiger charge is 2.37. The second-order valence-electron chi connectivity index (χ2n) is 7.16. The van der Waals surface area contributed by atoms with Gasteiger partial charge in [-0.25, -0.2) is 0 Å². The van der Waals surface area contributed by atoms with Crippen LogP contribution in [0.5, 0.6) is 0 Å². The van der Waals surface area contributed by atoms with Gasteiger partial charge in [-0.2, -0.15) is 0 Å². The molecule has 1 rings (SSSR count). The average molecular weight is 272 g/mol. The van der Waals surface area contributed by atoms with Crippen molar-refractivity contribution < 1.29 is 9.47 Å². The number of nitrogens with zero attached hydrogens (tertiary/aromatic N) is 1. The highest BCUT2D eigenvalue weighted by molar-refractivity contribution is 4.96. The van der Waals surface area contributed by atoms with Gasteiger partial charge in [0.05, 0.1) is 19.8 Å². The molecule has 1 unspecified atom stereocenters. The number of hydrogen-bond donors (Lipinski definition) is 1. The molecule has 1 saturated heterocycles. The zero-order chi connectivity index (χ0) is 14.5. The molecule has 0 aromatic rings. The summed E-state index contributed by atoms with van der Waals surface area (Å²) < 4.78 is 10.6. The normalized spacial score (nSPS) is 24.6. The highest BCUT2D eigenvalue weighted by atomic mass is 16.5. The van der Waals surface area contributed by atoms with Crippen LogP contribution in [0.1, 0.15) is 34.6 Å². The first kappa shape index (κ1) is 16.9. The number of nitrogens with one attached hydrogen (secondary N) is 1. The molecule has 1 atom stereocenters. The molecule has 0 saturated carbocycles. The van der Waals surface area contributed by atoms with Gasteiger partial charge in [0.1, 0.15) is 0 Å². The van der Waals surface area contributed by atoms with Crippen molar-refractivity contribution in [2.75, 3.05) is 46.6 Å². The summed E-state index contributed by atoms with van der Waals surface area (Å²) in [5, 5.41) is 3.69. The van der Waals surface area contributed by atoms with Gasteiger partial charge in [-0.15, -0.1) is 0 Å². The number of rotatable bonds is 6. The summed E-state index contributed by atoms with van der Waals surface area (Å²) >= 11 is 0. The Kier molecular flexibility index (Phi) is 6.24. The van der Waals surface area contributed by atoms with Gasteiger partial charge in [-0.05, 0) is 19.3 Å². The van der Waals surface area contributed by atoms with Gasteiger partial charge in [0.2, 0.25) is 0 Å².